The molecule has 1 fully saturated rings. The van der Waals surface area contributed by atoms with Crippen molar-refractivity contribution >= 4 is 5.97 Å². The molecule has 3 rings (SSSR count). The van der Waals surface area contributed by atoms with Crippen molar-refractivity contribution < 1.29 is 19.4 Å². The lowest BCUT2D eigenvalue weighted by atomic mass is 9.89. The van der Waals surface area contributed by atoms with E-state index in [1.807, 2.05) is 30.3 Å². The highest BCUT2D eigenvalue weighted by atomic mass is 16.5. The van der Waals surface area contributed by atoms with E-state index < -0.39 is 0 Å². The van der Waals surface area contributed by atoms with Gasteiger partial charge in [-0.2, -0.15) is 0 Å². The number of carbonyl (C=O) groups excluding carboxylic acids is 1. The van der Waals surface area contributed by atoms with Gasteiger partial charge in [0.2, 0.25) is 0 Å². The third-order valence-corrected chi connectivity index (χ3v) is 5.02. The van der Waals surface area contributed by atoms with E-state index in [9.17, 15) is 9.90 Å². The summed E-state index contributed by atoms with van der Waals surface area (Å²) in [6, 6.07) is 8.02. The predicted octanol–water partition coefficient (Wildman–Crippen LogP) is 4.60. The molecular formula is C21H26O4. The smallest absolute Gasteiger partial charge is 0.302 e. The molecule has 0 heterocycles. The molecule has 2 unspecified atom stereocenters. The summed E-state index contributed by atoms with van der Waals surface area (Å²) in [5.74, 6) is 0.695. The second-order valence-electron chi connectivity index (χ2n) is 6.88. The zero-order valence-electron chi connectivity index (χ0n) is 14.7. The van der Waals surface area contributed by atoms with Gasteiger partial charge in [-0.25, -0.2) is 0 Å². The van der Waals surface area contributed by atoms with Gasteiger partial charge in [-0.1, -0.05) is 42.3 Å². The average molecular weight is 342 g/mol. The Balaban J connectivity index is 1.53. The van der Waals surface area contributed by atoms with Crippen LogP contribution in [0.25, 0.3) is 0 Å². The Kier molecular flexibility index (Phi) is 5.92. The first-order chi connectivity index (χ1) is 12.1. The van der Waals surface area contributed by atoms with Crippen molar-refractivity contribution in [3.8, 4) is 0 Å². The number of allylic oxidation sites excluding steroid dienone is 3. The van der Waals surface area contributed by atoms with Gasteiger partial charge < -0.3 is 14.6 Å². The first-order valence-electron chi connectivity index (χ1n) is 9.03. The molecule has 1 saturated carbocycles. The van der Waals surface area contributed by atoms with Gasteiger partial charge in [0.15, 0.2) is 0 Å². The first kappa shape index (κ1) is 17.7. The number of hydrogen-bond acceptors (Lipinski definition) is 4. The van der Waals surface area contributed by atoms with E-state index >= 15 is 0 Å². The molecule has 4 heteroatoms. The van der Waals surface area contributed by atoms with Crippen LogP contribution >= 0.6 is 0 Å². The summed E-state index contributed by atoms with van der Waals surface area (Å²) >= 11 is 0. The predicted molar refractivity (Wildman–Crippen MR) is 95.9 cm³/mol. The second-order valence-corrected chi connectivity index (χ2v) is 6.88. The highest BCUT2D eigenvalue weighted by molar-refractivity contribution is 5.65. The number of aliphatic hydroxyl groups is 1. The Hall–Kier alpha value is -2.07. The number of benzene rings is 1. The molecule has 2 atom stereocenters. The normalized spacial score (nSPS) is 23.1. The fourth-order valence-corrected chi connectivity index (χ4v) is 3.62. The molecule has 0 aliphatic heterocycles. The highest BCUT2D eigenvalue weighted by Gasteiger charge is 2.31. The first-order valence-corrected chi connectivity index (χ1v) is 9.03. The van der Waals surface area contributed by atoms with Gasteiger partial charge in [-0.05, 0) is 36.5 Å². The standard InChI is InChI=1S/C21H26O4/c1-15(22)24-13-16-5-7-17(8-6-16)14-25-21-4-2-3-20(21)18-9-11-19(23)12-10-18/h5-9,11,20-21,23H,2-4,10,12-14H2,1H3. The SMILES string of the molecule is CC(=O)OCc1ccc(COC2CCCC2C2=CC=C(O)CC2)cc1. The molecule has 25 heavy (non-hydrogen) atoms. The van der Waals surface area contributed by atoms with Crippen molar-refractivity contribution in [1.82, 2.24) is 0 Å². The summed E-state index contributed by atoms with van der Waals surface area (Å²) in [7, 11) is 0. The molecule has 0 amide bonds. The van der Waals surface area contributed by atoms with Gasteiger partial charge in [-0.15, -0.1) is 0 Å². The Morgan fingerprint density at radius 3 is 2.44 bits per heavy atom. The molecule has 1 aromatic carbocycles. The van der Waals surface area contributed by atoms with Crippen molar-refractivity contribution in [3.05, 3.63) is 58.9 Å². The third kappa shape index (κ3) is 4.95. The summed E-state index contributed by atoms with van der Waals surface area (Å²) in [4.78, 5) is 10.8. The van der Waals surface area contributed by atoms with E-state index in [1.54, 1.807) is 0 Å². The summed E-state index contributed by atoms with van der Waals surface area (Å²) in [5, 5.41) is 9.54. The summed E-state index contributed by atoms with van der Waals surface area (Å²) in [5.41, 5.74) is 3.53. The molecule has 2 aliphatic carbocycles. The fourth-order valence-electron chi connectivity index (χ4n) is 3.62. The van der Waals surface area contributed by atoms with Crippen molar-refractivity contribution in [2.45, 2.75) is 58.3 Å². The maximum absolute atomic E-state index is 10.8. The molecule has 0 saturated heterocycles. The minimum atomic E-state index is -0.264. The number of carbonyl (C=O) groups is 1. The number of aliphatic hydroxyl groups excluding tert-OH is 1. The second kappa shape index (κ2) is 8.34. The summed E-state index contributed by atoms with van der Waals surface area (Å²) in [6.45, 7) is 2.33. The maximum Gasteiger partial charge on any atom is 0.302 e. The zero-order chi connectivity index (χ0) is 17.6. The molecular weight excluding hydrogens is 316 g/mol. The lowest BCUT2D eigenvalue weighted by molar-refractivity contribution is -0.142. The third-order valence-electron chi connectivity index (χ3n) is 5.02. The van der Waals surface area contributed by atoms with Gasteiger partial charge in [-0.3, -0.25) is 4.79 Å². The van der Waals surface area contributed by atoms with Crippen LogP contribution in [0.5, 0.6) is 0 Å². The Bertz CT molecular complexity index is 657. The molecule has 0 radical (unpaired) electrons. The van der Waals surface area contributed by atoms with Crippen LogP contribution < -0.4 is 0 Å². The van der Waals surface area contributed by atoms with E-state index in [1.165, 1.54) is 25.3 Å². The molecule has 0 spiro atoms. The van der Waals surface area contributed by atoms with Crippen LogP contribution in [0.1, 0.15) is 50.2 Å². The van der Waals surface area contributed by atoms with E-state index in [-0.39, 0.29) is 12.1 Å². The van der Waals surface area contributed by atoms with E-state index in [0.717, 1.165) is 30.4 Å². The van der Waals surface area contributed by atoms with Crippen molar-refractivity contribution in [1.29, 1.82) is 0 Å². The van der Waals surface area contributed by atoms with Gasteiger partial charge in [0.25, 0.3) is 0 Å². The topological polar surface area (TPSA) is 55.8 Å². The molecule has 0 bridgehead atoms. The molecule has 4 nitrogen and oxygen atoms in total. The largest absolute Gasteiger partial charge is 0.512 e. The Morgan fingerprint density at radius 2 is 1.80 bits per heavy atom. The van der Waals surface area contributed by atoms with Gasteiger partial charge in [0.1, 0.15) is 6.61 Å². The fraction of sp³-hybridized carbons (Fsp3) is 0.476. The maximum atomic E-state index is 10.8. The van der Waals surface area contributed by atoms with Crippen LogP contribution in [0.15, 0.2) is 47.7 Å². The monoisotopic (exact) mass is 342 g/mol. The van der Waals surface area contributed by atoms with Crippen LogP contribution in [0, 0.1) is 5.92 Å². The average Bonchev–Trinajstić information content (AvgIpc) is 3.08. The molecule has 134 valence electrons. The number of ether oxygens (including phenoxy) is 2. The Labute approximate surface area is 149 Å². The lowest BCUT2D eigenvalue weighted by Crippen LogP contribution is -2.21. The molecule has 1 aromatic rings. The minimum absolute atomic E-state index is 0.264. The molecule has 0 aromatic heterocycles. The number of rotatable bonds is 6. The van der Waals surface area contributed by atoms with E-state index in [4.69, 9.17) is 9.47 Å². The van der Waals surface area contributed by atoms with E-state index in [2.05, 4.69) is 6.08 Å². The van der Waals surface area contributed by atoms with Crippen LogP contribution in [-0.2, 0) is 27.5 Å². The molecule has 1 N–H and O–H groups in total. The van der Waals surface area contributed by atoms with Crippen LogP contribution in [-0.4, -0.2) is 17.2 Å². The quantitative estimate of drug-likeness (QED) is 0.768. The highest BCUT2D eigenvalue weighted by Crippen LogP contribution is 2.37. The van der Waals surface area contributed by atoms with Crippen LogP contribution in [0.3, 0.4) is 0 Å². The van der Waals surface area contributed by atoms with E-state index in [0.29, 0.717) is 24.9 Å². The minimum Gasteiger partial charge on any atom is -0.512 e. The number of hydrogen-bond donors (Lipinski definition) is 1. The van der Waals surface area contributed by atoms with Crippen molar-refractivity contribution in [3.63, 3.8) is 0 Å². The van der Waals surface area contributed by atoms with Crippen LogP contribution in [0.2, 0.25) is 0 Å². The lowest BCUT2D eigenvalue weighted by Gasteiger charge is -2.24. The zero-order valence-corrected chi connectivity index (χ0v) is 14.7. The van der Waals surface area contributed by atoms with Gasteiger partial charge >= 0.3 is 5.97 Å². The van der Waals surface area contributed by atoms with Crippen molar-refractivity contribution in [2.75, 3.05) is 0 Å². The van der Waals surface area contributed by atoms with Crippen LogP contribution in [0.4, 0.5) is 0 Å². The number of esters is 1. The van der Waals surface area contributed by atoms with Gasteiger partial charge in [0, 0.05) is 19.3 Å². The molecule has 2 aliphatic rings. The summed E-state index contributed by atoms with van der Waals surface area (Å²) in [6.07, 6.45) is 9.33. The Morgan fingerprint density at radius 1 is 1.08 bits per heavy atom. The van der Waals surface area contributed by atoms with Gasteiger partial charge in [0.05, 0.1) is 18.5 Å². The summed E-state index contributed by atoms with van der Waals surface area (Å²) < 4.78 is 11.2. The van der Waals surface area contributed by atoms with Crippen molar-refractivity contribution in [2.24, 2.45) is 5.92 Å².